The van der Waals surface area contributed by atoms with Crippen molar-refractivity contribution >= 4 is 11.9 Å². The Labute approximate surface area is 96.9 Å². The highest BCUT2D eigenvalue weighted by molar-refractivity contribution is 5.83. The number of esters is 1. The van der Waals surface area contributed by atoms with Crippen LogP contribution in [0.5, 0.6) is 0 Å². The Kier molecular flexibility index (Phi) is 5.29. The van der Waals surface area contributed by atoms with Crippen molar-refractivity contribution in [2.45, 2.75) is 39.0 Å². The van der Waals surface area contributed by atoms with Gasteiger partial charge >= 0.3 is 5.97 Å². The lowest BCUT2D eigenvalue weighted by atomic mass is 9.88. The molecule has 0 aromatic carbocycles. The van der Waals surface area contributed by atoms with Crippen LogP contribution in [0.25, 0.3) is 0 Å². The molecule has 4 nitrogen and oxygen atoms in total. The first-order chi connectivity index (χ1) is 7.69. The minimum Gasteiger partial charge on any atom is -0.468 e. The van der Waals surface area contributed by atoms with Crippen LogP contribution in [0.3, 0.4) is 0 Å². The van der Waals surface area contributed by atoms with Crippen LogP contribution in [0.2, 0.25) is 0 Å². The lowest BCUT2D eigenvalue weighted by molar-refractivity contribution is -0.148. The Morgan fingerprint density at radius 3 is 2.38 bits per heavy atom. The summed E-state index contributed by atoms with van der Waals surface area (Å²) in [6.07, 6.45) is 5.43. The third kappa shape index (κ3) is 3.51. The Hall–Kier alpha value is -1.06. The van der Waals surface area contributed by atoms with Gasteiger partial charge in [-0.3, -0.25) is 9.59 Å². The molecule has 0 radical (unpaired) electrons. The summed E-state index contributed by atoms with van der Waals surface area (Å²) >= 11 is 0. The highest BCUT2D eigenvalue weighted by atomic mass is 16.5. The molecular formula is C12H21NO3. The van der Waals surface area contributed by atoms with Gasteiger partial charge in [0, 0.05) is 12.5 Å². The molecule has 0 aliphatic heterocycles. The molecule has 0 aromatic heterocycles. The molecule has 1 fully saturated rings. The number of ether oxygens (including phenoxy) is 1. The van der Waals surface area contributed by atoms with Crippen molar-refractivity contribution in [1.29, 1.82) is 0 Å². The Morgan fingerprint density at radius 1 is 1.25 bits per heavy atom. The van der Waals surface area contributed by atoms with Gasteiger partial charge in [-0.25, -0.2) is 0 Å². The van der Waals surface area contributed by atoms with E-state index in [-0.39, 0.29) is 24.3 Å². The molecular weight excluding hydrogens is 206 g/mol. The molecule has 0 saturated heterocycles. The summed E-state index contributed by atoms with van der Waals surface area (Å²) in [4.78, 5) is 24.9. The van der Waals surface area contributed by atoms with Crippen molar-refractivity contribution in [1.82, 2.24) is 4.90 Å². The number of carbonyl (C=O) groups is 2. The van der Waals surface area contributed by atoms with E-state index in [1.165, 1.54) is 13.5 Å². The topological polar surface area (TPSA) is 46.6 Å². The number of hydrogen-bond acceptors (Lipinski definition) is 3. The van der Waals surface area contributed by atoms with Crippen LogP contribution in [0, 0.1) is 5.92 Å². The lowest BCUT2D eigenvalue weighted by Crippen LogP contribution is -2.40. The summed E-state index contributed by atoms with van der Waals surface area (Å²) in [7, 11) is 1.35. The standard InChI is InChI=1S/C12H21NO3/c1-3-13(9-11(14)16-2)12(15)10-7-5-4-6-8-10/h10H,3-9H2,1-2H3. The predicted octanol–water partition coefficient (Wildman–Crippen LogP) is 1.59. The second-order valence-electron chi connectivity index (χ2n) is 4.26. The van der Waals surface area contributed by atoms with E-state index in [2.05, 4.69) is 4.74 Å². The van der Waals surface area contributed by atoms with Gasteiger partial charge in [-0.05, 0) is 19.8 Å². The van der Waals surface area contributed by atoms with E-state index >= 15 is 0 Å². The summed E-state index contributed by atoms with van der Waals surface area (Å²) in [5.41, 5.74) is 0. The van der Waals surface area contributed by atoms with Gasteiger partial charge in [-0.15, -0.1) is 0 Å². The fourth-order valence-electron chi connectivity index (χ4n) is 2.17. The zero-order valence-corrected chi connectivity index (χ0v) is 10.2. The highest BCUT2D eigenvalue weighted by Crippen LogP contribution is 2.25. The van der Waals surface area contributed by atoms with E-state index in [0.717, 1.165) is 25.7 Å². The van der Waals surface area contributed by atoms with Crippen molar-refractivity contribution in [3.63, 3.8) is 0 Å². The van der Waals surface area contributed by atoms with E-state index in [1.54, 1.807) is 4.90 Å². The number of amides is 1. The molecule has 0 bridgehead atoms. The number of carbonyl (C=O) groups excluding carboxylic acids is 2. The third-order valence-electron chi connectivity index (χ3n) is 3.20. The summed E-state index contributed by atoms with van der Waals surface area (Å²) in [6.45, 7) is 2.55. The summed E-state index contributed by atoms with van der Waals surface area (Å²) in [5.74, 6) is -0.100. The maximum absolute atomic E-state index is 12.1. The molecule has 1 rings (SSSR count). The molecule has 16 heavy (non-hydrogen) atoms. The van der Waals surface area contributed by atoms with E-state index in [1.807, 2.05) is 6.92 Å². The van der Waals surface area contributed by atoms with Gasteiger partial charge < -0.3 is 9.64 Å². The van der Waals surface area contributed by atoms with Gasteiger partial charge in [-0.1, -0.05) is 19.3 Å². The van der Waals surface area contributed by atoms with Crippen LogP contribution in [0.1, 0.15) is 39.0 Å². The Bertz CT molecular complexity index is 247. The molecule has 0 unspecified atom stereocenters. The molecule has 0 spiro atoms. The van der Waals surface area contributed by atoms with Crippen LogP contribution >= 0.6 is 0 Å². The number of nitrogens with zero attached hydrogens (tertiary/aromatic N) is 1. The van der Waals surface area contributed by atoms with Crippen molar-refractivity contribution in [2.75, 3.05) is 20.2 Å². The average Bonchev–Trinajstić information content (AvgIpc) is 2.35. The maximum atomic E-state index is 12.1. The second-order valence-corrected chi connectivity index (χ2v) is 4.26. The van der Waals surface area contributed by atoms with Gasteiger partial charge in [0.15, 0.2) is 0 Å². The molecule has 0 aromatic rings. The molecule has 0 heterocycles. The van der Waals surface area contributed by atoms with Crippen LogP contribution in [0.15, 0.2) is 0 Å². The monoisotopic (exact) mass is 227 g/mol. The minimum absolute atomic E-state index is 0.0856. The number of likely N-dealkylation sites (N-methyl/N-ethyl adjacent to an activating group) is 1. The highest BCUT2D eigenvalue weighted by Gasteiger charge is 2.26. The number of methoxy groups -OCH3 is 1. The fraction of sp³-hybridized carbons (Fsp3) is 0.833. The van der Waals surface area contributed by atoms with Crippen LogP contribution in [0.4, 0.5) is 0 Å². The first kappa shape index (κ1) is 13.0. The Balaban J connectivity index is 2.50. The first-order valence-corrected chi connectivity index (χ1v) is 6.04. The normalized spacial score (nSPS) is 16.9. The smallest absolute Gasteiger partial charge is 0.325 e. The van der Waals surface area contributed by atoms with E-state index in [0.29, 0.717) is 6.54 Å². The quantitative estimate of drug-likeness (QED) is 0.685. The summed E-state index contributed by atoms with van der Waals surface area (Å²) in [6, 6.07) is 0. The maximum Gasteiger partial charge on any atom is 0.325 e. The fourth-order valence-corrected chi connectivity index (χ4v) is 2.17. The van der Waals surface area contributed by atoms with Gasteiger partial charge in [0.05, 0.1) is 7.11 Å². The van der Waals surface area contributed by atoms with Crippen molar-refractivity contribution in [2.24, 2.45) is 5.92 Å². The first-order valence-electron chi connectivity index (χ1n) is 6.04. The van der Waals surface area contributed by atoms with Gasteiger partial charge in [0.25, 0.3) is 0 Å². The molecule has 1 aliphatic rings. The van der Waals surface area contributed by atoms with Crippen LogP contribution in [-0.4, -0.2) is 37.0 Å². The Morgan fingerprint density at radius 2 is 1.88 bits per heavy atom. The number of rotatable bonds is 4. The largest absolute Gasteiger partial charge is 0.468 e. The molecule has 0 atom stereocenters. The minimum atomic E-state index is -0.342. The van der Waals surface area contributed by atoms with Crippen molar-refractivity contribution in [3.8, 4) is 0 Å². The van der Waals surface area contributed by atoms with Crippen LogP contribution < -0.4 is 0 Å². The summed E-state index contributed by atoms with van der Waals surface area (Å²) < 4.78 is 4.59. The molecule has 1 aliphatic carbocycles. The van der Waals surface area contributed by atoms with Crippen LogP contribution in [-0.2, 0) is 14.3 Å². The molecule has 1 amide bonds. The van der Waals surface area contributed by atoms with Gasteiger partial charge in [0.2, 0.25) is 5.91 Å². The zero-order valence-electron chi connectivity index (χ0n) is 10.2. The number of hydrogen-bond donors (Lipinski definition) is 0. The van der Waals surface area contributed by atoms with Gasteiger partial charge in [-0.2, -0.15) is 0 Å². The van der Waals surface area contributed by atoms with E-state index in [4.69, 9.17) is 0 Å². The second kappa shape index (κ2) is 6.51. The van der Waals surface area contributed by atoms with E-state index in [9.17, 15) is 9.59 Å². The van der Waals surface area contributed by atoms with E-state index < -0.39 is 0 Å². The molecule has 1 saturated carbocycles. The molecule has 4 heteroatoms. The van der Waals surface area contributed by atoms with Crippen molar-refractivity contribution in [3.05, 3.63) is 0 Å². The molecule has 92 valence electrons. The SMILES string of the molecule is CCN(CC(=O)OC)C(=O)C1CCCCC1. The molecule has 0 N–H and O–H groups in total. The third-order valence-corrected chi connectivity index (χ3v) is 3.20. The zero-order chi connectivity index (χ0) is 12.0. The van der Waals surface area contributed by atoms with Crippen molar-refractivity contribution < 1.29 is 14.3 Å². The summed E-state index contributed by atoms with van der Waals surface area (Å²) in [5, 5.41) is 0. The average molecular weight is 227 g/mol. The lowest BCUT2D eigenvalue weighted by Gasteiger charge is -2.27. The predicted molar refractivity (Wildman–Crippen MR) is 60.8 cm³/mol. The van der Waals surface area contributed by atoms with Gasteiger partial charge in [0.1, 0.15) is 6.54 Å².